The van der Waals surface area contributed by atoms with Crippen LogP contribution in [0, 0.1) is 13.8 Å². The van der Waals surface area contributed by atoms with Gasteiger partial charge >= 0.3 is 0 Å². The third-order valence-corrected chi connectivity index (χ3v) is 3.93. The number of nitrogens with one attached hydrogen (secondary N) is 3. The number of aromatic nitrogens is 1. The van der Waals surface area contributed by atoms with E-state index < -0.39 is 0 Å². The number of benzene rings is 2. The molecule has 3 rings (SSSR count). The summed E-state index contributed by atoms with van der Waals surface area (Å²) in [4.78, 5) is 4.32. The SMILES string of the molecule is Cc1cc(C)cc(NC(=S)NNc2ccnc3cc(Cl)ccc23)c1. The molecule has 6 heteroatoms. The molecule has 0 aliphatic carbocycles. The van der Waals surface area contributed by atoms with Crippen LogP contribution < -0.4 is 16.2 Å². The van der Waals surface area contributed by atoms with Crippen LogP contribution >= 0.6 is 23.8 Å². The molecule has 0 aliphatic rings. The highest BCUT2D eigenvalue weighted by atomic mass is 35.5. The average molecular weight is 357 g/mol. The molecule has 0 amide bonds. The van der Waals surface area contributed by atoms with E-state index >= 15 is 0 Å². The van der Waals surface area contributed by atoms with Crippen molar-refractivity contribution >= 4 is 51.2 Å². The van der Waals surface area contributed by atoms with E-state index in [2.05, 4.69) is 41.1 Å². The van der Waals surface area contributed by atoms with Crippen LogP contribution in [0.3, 0.4) is 0 Å². The summed E-state index contributed by atoms with van der Waals surface area (Å²) in [7, 11) is 0. The fourth-order valence-corrected chi connectivity index (χ4v) is 2.90. The highest BCUT2D eigenvalue weighted by Gasteiger charge is 2.04. The topological polar surface area (TPSA) is 49.0 Å². The van der Waals surface area contributed by atoms with Crippen LogP contribution in [0.4, 0.5) is 11.4 Å². The Morgan fingerprint density at radius 2 is 1.79 bits per heavy atom. The Balaban J connectivity index is 1.70. The fraction of sp³-hybridized carbons (Fsp3) is 0.111. The van der Waals surface area contributed by atoms with Crippen LogP contribution in [0.15, 0.2) is 48.7 Å². The van der Waals surface area contributed by atoms with Gasteiger partial charge in [0.1, 0.15) is 0 Å². The normalized spacial score (nSPS) is 10.5. The lowest BCUT2D eigenvalue weighted by Crippen LogP contribution is -2.33. The molecule has 0 saturated heterocycles. The van der Waals surface area contributed by atoms with Crippen molar-refractivity contribution < 1.29 is 0 Å². The maximum Gasteiger partial charge on any atom is 0.189 e. The zero-order valence-electron chi connectivity index (χ0n) is 13.4. The summed E-state index contributed by atoms with van der Waals surface area (Å²) >= 11 is 11.4. The standard InChI is InChI=1S/C18H17ClN4S/c1-11-7-12(2)9-14(8-11)21-18(24)23-22-16-5-6-20-17-10-13(19)3-4-15(16)17/h3-10H,1-2H3,(H,20,22)(H2,21,23,24). The number of hydrogen-bond acceptors (Lipinski definition) is 3. The van der Waals surface area contributed by atoms with E-state index in [9.17, 15) is 0 Å². The van der Waals surface area contributed by atoms with Gasteiger partial charge in [-0.1, -0.05) is 17.7 Å². The highest BCUT2D eigenvalue weighted by molar-refractivity contribution is 7.80. The van der Waals surface area contributed by atoms with Crippen molar-refractivity contribution in [3.05, 3.63) is 64.8 Å². The molecule has 0 spiro atoms. The first kappa shape index (κ1) is 16.5. The highest BCUT2D eigenvalue weighted by Crippen LogP contribution is 2.23. The lowest BCUT2D eigenvalue weighted by molar-refractivity contribution is 1.14. The maximum atomic E-state index is 6.01. The molecule has 0 fully saturated rings. The number of hydrogen-bond donors (Lipinski definition) is 3. The van der Waals surface area contributed by atoms with Crippen LogP contribution in [-0.2, 0) is 0 Å². The quantitative estimate of drug-likeness (QED) is 0.464. The molecule has 4 nitrogen and oxygen atoms in total. The van der Waals surface area contributed by atoms with Gasteiger partial charge in [-0.3, -0.25) is 15.8 Å². The van der Waals surface area contributed by atoms with E-state index in [1.165, 1.54) is 11.1 Å². The summed E-state index contributed by atoms with van der Waals surface area (Å²) in [6.45, 7) is 4.11. The van der Waals surface area contributed by atoms with Gasteiger partial charge in [-0.05, 0) is 73.6 Å². The molecule has 0 radical (unpaired) electrons. The minimum Gasteiger partial charge on any atom is -0.331 e. The van der Waals surface area contributed by atoms with E-state index in [0.29, 0.717) is 10.1 Å². The van der Waals surface area contributed by atoms with Crippen LogP contribution in [0.2, 0.25) is 5.02 Å². The summed E-state index contributed by atoms with van der Waals surface area (Å²) in [6.07, 6.45) is 1.73. The number of hydrazine groups is 1. The van der Waals surface area contributed by atoms with Gasteiger partial charge in [0.05, 0.1) is 11.2 Å². The lowest BCUT2D eigenvalue weighted by atomic mass is 10.1. The Labute approximate surface area is 151 Å². The number of fused-ring (bicyclic) bond motifs is 1. The van der Waals surface area contributed by atoms with Crippen LogP contribution in [0.25, 0.3) is 10.9 Å². The van der Waals surface area contributed by atoms with Gasteiger partial charge < -0.3 is 5.32 Å². The number of pyridine rings is 1. The molecule has 122 valence electrons. The molecule has 0 aliphatic heterocycles. The van der Waals surface area contributed by atoms with Crippen molar-refractivity contribution in [1.29, 1.82) is 0 Å². The zero-order valence-corrected chi connectivity index (χ0v) is 14.9. The van der Waals surface area contributed by atoms with Gasteiger partial charge in [0.15, 0.2) is 5.11 Å². The summed E-state index contributed by atoms with van der Waals surface area (Å²) in [5, 5.41) is 5.28. The number of halogens is 1. The number of thiocarbonyl (C=S) groups is 1. The van der Waals surface area contributed by atoms with Gasteiger partial charge in [-0.25, -0.2) is 0 Å². The van der Waals surface area contributed by atoms with Crippen molar-refractivity contribution in [2.24, 2.45) is 0 Å². The van der Waals surface area contributed by atoms with Crippen LogP contribution in [0.1, 0.15) is 11.1 Å². The van der Waals surface area contributed by atoms with Gasteiger partial charge in [0.25, 0.3) is 0 Å². The molecule has 0 bridgehead atoms. The predicted molar refractivity (Wildman–Crippen MR) is 106 cm³/mol. The van der Waals surface area contributed by atoms with E-state index in [0.717, 1.165) is 22.3 Å². The van der Waals surface area contributed by atoms with Crippen molar-refractivity contribution in [3.8, 4) is 0 Å². The van der Waals surface area contributed by atoms with E-state index in [1.807, 2.05) is 36.4 Å². The molecule has 0 saturated carbocycles. The first-order chi connectivity index (χ1) is 11.5. The molecule has 24 heavy (non-hydrogen) atoms. The van der Waals surface area contributed by atoms with Crippen molar-refractivity contribution in [2.45, 2.75) is 13.8 Å². The van der Waals surface area contributed by atoms with E-state index in [4.69, 9.17) is 23.8 Å². The number of aryl methyl sites for hydroxylation is 2. The summed E-state index contributed by atoms with van der Waals surface area (Å²) in [5.74, 6) is 0. The number of anilines is 2. The Kier molecular flexibility index (Phi) is 4.83. The molecule has 2 aromatic carbocycles. The molecule has 0 atom stereocenters. The Morgan fingerprint density at radius 3 is 2.54 bits per heavy atom. The average Bonchev–Trinajstić information content (AvgIpc) is 2.51. The molecule has 3 N–H and O–H groups in total. The molecule has 0 unspecified atom stereocenters. The summed E-state index contributed by atoms with van der Waals surface area (Å²) in [5.41, 5.74) is 11.1. The lowest BCUT2D eigenvalue weighted by Gasteiger charge is -2.14. The second kappa shape index (κ2) is 7.03. The van der Waals surface area contributed by atoms with Crippen molar-refractivity contribution in [2.75, 3.05) is 10.7 Å². The van der Waals surface area contributed by atoms with Gasteiger partial charge in [-0.2, -0.15) is 0 Å². The second-order valence-electron chi connectivity index (χ2n) is 5.60. The molecular formula is C18H17ClN4S. The number of rotatable bonds is 3. The molecule has 1 heterocycles. The Morgan fingerprint density at radius 1 is 1.04 bits per heavy atom. The van der Waals surface area contributed by atoms with E-state index in [-0.39, 0.29) is 0 Å². The minimum atomic E-state index is 0.485. The van der Waals surface area contributed by atoms with Crippen LogP contribution in [-0.4, -0.2) is 10.1 Å². The predicted octanol–water partition coefficient (Wildman–Crippen LogP) is 4.82. The number of nitrogens with zero attached hydrogens (tertiary/aromatic N) is 1. The van der Waals surface area contributed by atoms with Gasteiger partial charge in [0.2, 0.25) is 0 Å². The summed E-state index contributed by atoms with van der Waals surface area (Å²) < 4.78 is 0. The van der Waals surface area contributed by atoms with Crippen LogP contribution in [0.5, 0.6) is 0 Å². The monoisotopic (exact) mass is 356 g/mol. The smallest absolute Gasteiger partial charge is 0.189 e. The first-order valence-corrected chi connectivity index (χ1v) is 8.25. The fourth-order valence-electron chi connectivity index (χ4n) is 2.56. The minimum absolute atomic E-state index is 0.485. The first-order valence-electron chi connectivity index (χ1n) is 7.47. The summed E-state index contributed by atoms with van der Waals surface area (Å²) in [6, 6.07) is 13.7. The van der Waals surface area contributed by atoms with Gasteiger partial charge in [0, 0.05) is 22.3 Å². The van der Waals surface area contributed by atoms with Crippen molar-refractivity contribution in [1.82, 2.24) is 10.4 Å². The van der Waals surface area contributed by atoms with E-state index in [1.54, 1.807) is 6.20 Å². The maximum absolute atomic E-state index is 6.01. The third kappa shape index (κ3) is 3.93. The van der Waals surface area contributed by atoms with Gasteiger partial charge in [-0.15, -0.1) is 0 Å². The second-order valence-corrected chi connectivity index (χ2v) is 6.45. The zero-order chi connectivity index (χ0) is 17.1. The molecular weight excluding hydrogens is 340 g/mol. The molecule has 3 aromatic rings. The van der Waals surface area contributed by atoms with Crippen molar-refractivity contribution in [3.63, 3.8) is 0 Å². The molecule has 1 aromatic heterocycles. The largest absolute Gasteiger partial charge is 0.331 e. The Bertz CT molecular complexity index is 890. The third-order valence-electron chi connectivity index (χ3n) is 3.50. The Hall–Kier alpha value is -2.37.